The summed E-state index contributed by atoms with van der Waals surface area (Å²) in [6, 6.07) is 26.2. The highest BCUT2D eigenvalue weighted by Crippen LogP contribution is 2.29. The molecular formula is C24H23N3O2S. The van der Waals surface area contributed by atoms with Gasteiger partial charge in [-0.25, -0.2) is 13.1 Å². The van der Waals surface area contributed by atoms with Crippen molar-refractivity contribution in [2.45, 2.75) is 23.8 Å². The van der Waals surface area contributed by atoms with E-state index in [2.05, 4.69) is 27.8 Å². The van der Waals surface area contributed by atoms with Gasteiger partial charge in [0.05, 0.1) is 16.5 Å². The molecule has 0 amide bonds. The predicted octanol–water partition coefficient (Wildman–Crippen LogP) is 3.51. The van der Waals surface area contributed by atoms with Crippen molar-refractivity contribution < 1.29 is 8.42 Å². The van der Waals surface area contributed by atoms with Crippen LogP contribution in [0.25, 0.3) is 0 Å². The van der Waals surface area contributed by atoms with Crippen LogP contribution >= 0.6 is 0 Å². The molecule has 0 fully saturated rings. The smallest absolute Gasteiger partial charge is 0.240 e. The summed E-state index contributed by atoms with van der Waals surface area (Å²) in [7, 11) is -3.61. The fraction of sp³-hybridized carbons (Fsp3) is 0.208. The third-order valence-electron chi connectivity index (χ3n) is 5.34. The van der Waals surface area contributed by atoms with E-state index in [1.54, 1.807) is 30.3 Å². The molecule has 0 aromatic heterocycles. The molecule has 152 valence electrons. The Hall–Kier alpha value is -3.14. The van der Waals surface area contributed by atoms with Crippen LogP contribution in [0.3, 0.4) is 0 Å². The molecule has 0 spiro atoms. The summed E-state index contributed by atoms with van der Waals surface area (Å²) in [5.74, 6) is 0. The topological polar surface area (TPSA) is 73.2 Å². The molecule has 1 heterocycles. The van der Waals surface area contributed by atoms with Crippen molar-refractivity contribution in [2.75, 3.05) is 18.0 Å². The lowest BCUT2D eigenvalue weighted by atomic mass is 9.96. The standard InChI is InChI=1S/C24H23N3O2S/c25-17-20-11-12-24-21(15-20)16-22(26-30(28,29)23-9-5-2-6-10-23)18-27(24)14-13-19-7-3-1-4-8-19/h1-12,15,22,26H,13-14,16,18H2. The molecule has 1 aliphatic rings. The van der Waals surface area contributed by atoms with Crippen LogP contribution in [0.4, 0.5) is 5.69 Å². The lowest BCUT2D eigenvalue weighted by Crippen LogP contribution is -2.48. The molecule has 1 atom stereocenters. The average Bonchev–Trinajstić information content (AvgIpc) is 2.78. The van der Waals surface area contributed by atoms with Crippen LogP contribution in [0.2, 0.25) is 0 Å². The molecule has 0 bridgehead atoms. The van der Waals surface area contributed by atoms with E-state index in [1.807, 2.05) is 36.4 Å². The fourth-order valence-corrected chi connectivity index (χ4v) is 5.16. The monoisotopic (exact) mass is 417 g/mol. The van der Waals surface area contributed by atoms with Gasteiger partial charge in [-0.05, 0) is 54.3 Å². The first kappa shape index (κ1) is 20.1. The van der Waals surface area contributed by atoms with E-state index in [4.69, 9.17) is 0 Å². The maximum absolute atomic E-state index is 12.8. The zero-order chi connectivity index (χ0) is 21.0. The van der Waals surface area contributed by atoms with E-state index in [0.717, 1.165) is 24.2 Å². The minimum atomic E-state index is -3.61. The second kappa shape index (κ2) is 8.70. The zero-order valence-corrected chi connectivity index (χ0v) is 17.3. The van der Waals surface area contributed by atoms with Crippen LogP contribution in [0.1, 0.15) is 16.7 Å². The van der Waals surface area contributed by atoms with Crippen molar-refractivity contribution in [3.05, 3.63) is 95.6 Å². The highest BCUT2D eigenvalue weighted by molar-refractivity contribution is 7.89. The molecule has 3 aromatic rings. The van der Waals surface area contributed by atoms with Crippen LogP contribution in [0, 0.1) is 11.3 Å². The summed E-state index contributed by atoms with van der Waals surface area (Å²) in [6.45, 7) is 1.35. The van der Waals surface area contributed by atoms with Gasteiger partial charge < -0.3 is 4.90 Å². The number of hydrogen-bond donors (Lipinski definition) is 1. The molecule has 1 unspecified atom stereocenters. The number of nitrogens with one attached hydrogen (secondary N) is 1. The first-order valence-electron chi connectivity index (χ1n) is 9.94. The van der Waals surface area contributed by atoms with E-state index in [1.165, 1.54) is 5.56 Å². The summed E-state index contributed by atoms with van der Waals surface area (Å²) in [6.07, 6.45) is 1.41. The molecule has 30 heavy (non-hydrogen) atoms. The van der Waals surface area contributed by atoms with Gasteiger partial charge in [0, 0.05) is 24.8 Å². The quantitative estimate of drug-likeness (QED) is 0.666. The Morgan fingerprint density at radius 1 is 1.00 bits per heavy atom. The number of anilines is 1. The van der Waals surface area contributed by atoms with Crippen molar-refractivity contribution in [2.24, 2.45) is 0 Å². The molecule has 0 saturated heterocycles. The summed E-state index contributed by atoms with van der Waals surface area (Å²) >= 11 is 0. The Morgan fingerprint density at radius 3 is 2.40 bits per heavy atom. The highest BCUT2D eigenvalue weighted by atomic mass is 32.2. The van der Waals surface area contributed by atoms with E-state index < -0.39 is 10.0 Å². The van der Waals surface area contributed by atoms with Crippen molar-refractivity contribution in [3.63, 3.8) is 0 Å². The van der Waals surface area contributed by atoms with Crippen LogP contribution in [0.15, 0.2) is 83.8 Å². The van der Waals surface area contributed by atoms with Gasteiger partial charge in [0.1, 0.15) is 0 Å². The number of benzene rings is 3. The molecular weight excluding hydrogens is 394 g/mol. The minimum absolute atomic E-state index is 0.261. The third kappa shape index (κ3) is 4.54. The first-order chi connectivity index (χ1) is 14.5. The lowest BCUT2D eigenvalue weighted by Gasteiger charge is -2.36. The van der Waals surface area contributed by atoms with Crippen molar-refractivity contribution >= 4 is 15.7 Å². The van der Waals surface area contributed by atoms with E-state index in [-0.39, 0.29) is 10.9 Å². The number of sulfonamides is 1. The predicted molar refractivity (Wildman–Crippen MR) is 118 cm³/mol. The Balaban J connectivity index is 1.58. The molecule has 5 nitrogen and oxygen atoms in total. The summed E-state index contributed by atoms with van der Waals surface area (Å²) in [5, 5.41) is 9.28. The van der Waals surface area contributed by atoms with Crippen LogP contribution < -0.4 is 9.62 Å². The fourth-order valence-electron chi connectivity index (χ4n) is 3.91. The third-order valence-corrected chi connectivity index (χ3v) is 6.88. The van der Waals surface area contributed by atoms with Crippen LogP contribution in [0.5, 0.6) is 0 Å². The molecule has 0 saturated carbocycles. The van der Waals surface area contributed by atoms with Crippen LogP contribution in [-0.2, 0) is 22.9 Å². The van der Waals surface area contributed by atoms with Gasteiger partial charge in [-0.15, -0.1) is 0 Å². The summed E-state index contributed by atoms with van der Waals surface area (Å²) in [4.78, 5) is 2.47. The molecule has 1 aliphatic heterocycles. The van der Waals surface area contributed by atoms with Crippen molar-refractivity contribution in [3.8, 4) is 6.07 Å². The van der Waals surface area contributed by atoms with Gasteiger partial charge in [0.15, 0.2) is 0 Å². The van der Waals surface area contributed by atoms with Gasteiger partial charge in [-0.2, -0.15) is 5.26 Å². The van der Waals surface area contributed by atoms with E-state index in [0.29, 0.717) is 18.5 Å². The number of rotatable bonds is 6. The zero-order valence-electron chi connectivity index (χ0n) is 16.5. The Labute approximate surface area is 177 Å². The number of hydrogen-bond acceptors (Lipinski definition) is 4. The maximum Gasteiger partial charge on any atom is 0.240 e. The van der Waals surface area contributed by atoms with Gasteiger partial charge in [-0.1, -0.05) is 48.5 Å². The molecule has 6 heteroatoms. The average molecular weight is 418 g/mol. The SMILES string of the molecule is N#Cc1ccc2c(c1)CC(NS(=O)(=O)c1ccccc1)CN2CCc1ccccc1. The number of fused-ring (bicyclic) bond motifs is 1. The Bertz CT molecular complexity index is 1160. The molecule has 4 rings (SSSR count). The lowest BCUT2D eigenvalue weighted by molar-refractivity contribution is 0.525. The second-order valence-corrected chi connectivity index (χ2v) is 9.19. The van der Waals surface area contributed by atoms with Gasteiger partial charge in [-0.3, -0.25) is 0 Å². The van der Waals surface area contributed by atoms with E-state index >= 15 is 0 Å². The van der Waals surface area contributed by atoms with Crippen molar-refractivity contribution in [1.82, 2.24) is 4.72 Å². The Morgan fingerprint density at radius 2 is 1.70 bits per heavy atom. The van der Waals surface area contributed by atoms with Gasteiger partial charge in [0.2, 0.25) is 10.0 Å². The van der Waals surface area contributed by atoms with Gasteiger partial charge >= 0.3 is 0 Å². The number of nitriles is 1. The summed E-state index contributed by atoms with van der Waals surface area (Å²) in [5.41, 5.74) is 3.89. The largest absolute Gasteiger partial charge is 0.369 e. The molecule has 1 N–H and O–H groups in total. The molecule has 0 radical (unpaired) electrons. The van der Waals surface area contributed by atoms with Gasteiger partial charge in [0.25, 0.3) is 0 Å². The normalized spacial score (nSPS) is 16.0. The highest BCUT2D eigenvalue weighted by Gasteiger charge is 2.28. The first-order valence-corrected chi connectivity index (χ1v) is 11.4. The van der Waals surface area contributed by atoms with Crippen molar-refractivity contribution in [1.29, 1.82) is 5.26 Å². The Kier molecular flexibility index (Phi) is 5.84. The number of nitrogens with zero attached hydrogens (tertiary/aromatic N) is 2. The second-order valence-electron chi connectivity index (χ2n) is 7.47. The minimum Gasteiger partial charge on any atom is -0.369 e. The molecule has 3 aromatic carbocycles. The summed E-state index contributed by atoms with van der Waals surface area (Å²) < 4.78 is 28.5. The van der Waals surface area contributed by atoms with E-state index in [9.17, 15) is 13.7 Å². The van der Waals surface area contributed by atoms with Crippen LogP contribution in [-0.4, -0.2) is 27.5 Å². The maximum atomic E-state index is 12.8. The molecule has 0 aliphatic carbocycles.